The summed E-state index contributed by atoms with van der Waals surface area (Å²) >= 11 is 0. The summed E-state index contributed by atoms with van der Waals surface area (Å²) in [4.78, 5) is 34.3. The maximum Gasteiger partial charge on any atom is 0.326 e. The molecule has 0 spiro atoms. The van der Waals surface area contributed by atoms with Gasteiger partial charge >= 0.3 is 5.97 Å². The van der Waals surface area contributed by atoms with Crippen molar-refractivity contribution in [1.29, 1.82) is 0 Å². The Morgan fingerprint density at radius 1 is 1.12 bits per heavy atom. The molecule has 1 N–H and O–H groups in total. The monoisotopic (exact) mass is 346 g/mol. The lowest BCUT2D eigenvalue weighted by Gasteiger charge is -2.36. The molecule has 0 radical (unpaired) electrons. The van der Waals surface area contributed by atoms with E-state index in [0.717, 1.165) is 44.8 Å². The fourth-order valence-electron chi connectivity index (χ4n) is 3.63. The molecular formula is C18H26N4O3. The normalized spacial score (nSPS) is 22.0. The van der Waals surface area contributed by atoms with Gasteiger partial charge in [-0.1, -0.05) is 6.07 Å². The van der Waals surface area contributed by atoms with Crippen LogP contribution in [0.1, 0.15) is 25.7 Å². The summed E-state index contributed by atoms with van der Waals surface area (Å²) in [6.45, 7) is 4.85. The molecule has 2 fully saturated rings. The number of piperazine rings is 1. The third kappa shape index (κ3) is 4.48. The van der Waals surface area contributed by atoms with E-state index in [2.05, 4.69) is 14.8 Å². The Morgan fingerprint density at radius 3 is 2.60 bits per heavy atom. The lowest BCUT2D eigenvalue weighted by Crippen LogP contribution is -2.50. The number of carboxylic acids is 1. The average molecular weight is 346 g/mol. The quantitative estimate of drug-likeness (QED) is 0.859. The SMILES string of the molecule is O=C(O)C1CCCCN1C(=O)CCN1CCN(c2ccccn2)CC1. The van der Waals surface area contributed by atoms with Crippen molar-refractivity contribution in [3.63, 3.8) is 0 Å². The van der Waals surface area contributed by atoms with E-state index in [-0.39, 0.29) is 5.91 Å². The number of anilines is 1. The molecule has 3 heterocycles. The van der Waals surface area contributed by atoms with Crippen LogP contribution in [0.3, 0.4) is 0 Å². The van der Waals surface area contributed by atoms with Gasteiger partial charge in [-0.05, 0) is 31.4 Å². The van der Waals surface area contributed by atoms with E-state index in [1.165, 1.54) is 0 Å². The van der Waals surface area contributed by atoms with Crippen molar-refractivity contribution in [3.05, 3.63) is 24.4 Å². The standard InChI is InChI=1S/C18H26N4O3/c23-17(22-9-4-2-5-15(22)18(24)25)7-10-20-11-13-21(14-12-20)16-6-1-3-8-19-16/h1,3,6,8,15H,2,4-5,7,9-14H2,(H,24,25). The zero-order valence-electron chi connectivity index (χ0n) is 14.5. The summed E-state index contributed by atoms with van der Waals surface area (Å²) in [6.07, 6.45) is 4.56. The van der Waals surface area contributed by atoms with Gasteiger partial charge in [-0.2, -0.15) is 0 Å². The summed E-state index contributed by atoms with van der Waals surface area (Å²) in [5, 5.41) is 9.30. The van der Waals surface area contributed by atoms with Gasteiger partial charge in [-0.15, -0.1) is 0 Å². The second-order valence-electron chi connectivity index (χ2n) is 6.70. The topological polar surface area (TPSA) is 77.0 Å². The van der Waals surface area contributed by atoms with E-state index in [1.807, 2.05) is 18.2 Å². The van der Waals surface area contributed by atoms with Crippen LogP contribution in [0, 0.1) is 0 Å². The second-order valence-corrected chi connectivity index (χ2v) is 6.70. The third-order valence-corrected chi connectivity index (χ3v) is 5.10. The van der Waals surface area contributed by atoms with E-state index in [0.29, 0.717) is 25.9 Å². The van der Waals surface area contributed by atoms with Crippen molar-refractivity contribution < 1.29 is 14.7 Å². The van der Waals surface area contributed by atoms with Crippen LogP contribution in [0.25, 0.3) is 0 Å². The first-order valence-corrected chi connectivity index (χ1v) is 9.06. The van der Waals surface area contributed by atoms with Crippen LogP contribution in [0.15, 0.2) is 24.4 Å². The molecule has 2 aliphatic heterocycles. The van der Waals surface area contributed by atoms with Gasteiger partial charge in [-0.3, -0.25) is 9.69 Å². The number of hydrogen-bond donors (Lipinski definition) is 1. The molecule has 136 valence electrons. The number of carboxylic acid groups (broad SMARTS) is 1. The molecule has 1 unspecified atom stereocenters. The van der Waals surface area contributed by atoms with Crippen LogP contribution in [0.5, 0.6) is 0 Å². The van der Waals surface area contributed by atoms with Gasteiger partial charge in [0.05, 0.1) is 0 Å². The summed E-state index contributed by atoms with van der Waals surface area (Å²) in [5.41, 5.74) is 0. The highest BCUT2D eigenvalue weighted by Gasteiger charge is 2.31. The molecule has 1 amide bonds. The molecule has 1 aromatic rings. The van der Waals surface area contributed by atoms with E-state index < -0.39 is 12.0 Å². The fourth-order valence-corrected chi connectivity index (χ4v) is 3.63. The number of likely N-dealkylation sites (tertiary alicyclic amines) is 1. The Hall–Kier alpha value is -2.15. The number of carbonyl (C=O) groups is 2. The van der Waals surface area contributed by atoms with Gasteiger partial charge in [0.1, 0.15) is 11.9 Å². The van der Waals surface area contributed by atoms with Crippen LogP contribution in [0.4, 0.5) is 5.82 Å². The van der Waals surface area contributed by atoms with Crippen molar-refractivity contribution in [2.75, 3.05) is 44.2 Å². The molecule has 0 saturated carbocycles. The van der Waals surface area contributed by atoms with Crippen molar-refractivity contribution in [3.8, 4) is 0 Å². The van der Waals surface area contributed by atoms with Gasteiger partial charge in [0.25, 0.3) is 0 Å². The number of pyridine rings is 1. The molecule has 7 heteroatoms. The predicted octanol–water partition coefficient (Wildman–Crippen LogP) is 1.06. The largest absolute Gasteiger partial charge is 0.480 e. The van der Waals surface area contributed by atoms with Crippen molar-refractivity contribution in [1.82, 2.24) is 14.8 Å². The molecule has 7 nitrogen and oxygen atoms in total. The first-order valence-electron chi connectivity index (χ1n) is 9.06. The summed E-state index contributed by atoms with van der Waals surface area (Å²) in [5.74, 6) is 0.0899. The Labute approximate surface area is 148 Å². The molecule has 0 bridgehead atoms. The van der Waals surface area contributed by atoms with Crippen molar-refractivity contribution in [2.45, 2.75) is 31.7 Å². The molecular weight excluding hydrogens is 320 g/mol. The number of piperidine rings is 1. The highest BCUT2D eigenvalue weighted by molar-refractivity contribution is 5.84. The van der Waals surface area contributed by atoms with E-state index in [9.17, 15) is 14.7 Å². The smallest absolute Gasteiger partial charge is 0.326 e. The van der Waals surface area contributed by atoms with Crippen molar-refractivity contribution >= 4 is 17.7 Å². The minimum absolute atomic E-state index is 0.0285. The van der Waals surface area contributed by atoms with Crippen LogP contribution in [-0.2, 0) is 9.59 Å². The van der Waals surface area contributed by atoms with Gasteiger partial charge in [0, 0.05) is 51.9 Å². The number of aromatic nitrogens is 1. The van der Waals surface area contributed by atoms with Crippen LogP contribution in [-0.4, -0.2) is 77.1 Å². The number of hydrogen-bond acceptors (Lipinski definition) is 5. The number of nitrogens with zero attached hydrogens (tertiary/aromatic N) is 4. The first-order chi connectivity index (χ1) is 12.1. The van der Waals surface area contributed by atoms with Crippen LogP contribution in [0.2, 0.25) is 0 Å². The molecule has 1 atom stereocenters. The zero-order valence-corrected chi connectivity index (χ0v) is 14.5. The summed E-state index contributed by atoms with van der Waals surface area (Å²) in [6, 6.07) is 5.28. The van der Waals surface area contributed by atoms with E-state index in [1.54, 1.807) is 11.1 Å². The summed E-state index contributed by atoms with van der Waals surface area (Å²) < 4.78 is 0. The number of rotatable bonds is 5. The average Bonchev–Trinajstić information content (AvgIpc) is 2.67. The molecule has 2 saturated heterocycles. The zero-order chi connectivity index (χ0) is 17.6. The minimum Gasteiger partial charge on any atom is -0.480 e. The number of amides is 1. The van der Waals surface area contributed by atoms with Gasteiger partial charge < -0.3 is 14.9 Å². The Morgan fingerprint density at radius 2 is 1.92 bits per heavy atom. The number of carbonyl (C=O) groups excluding carboxylic acids is 1. The Balaban J connectivity index is 1.45. The summed E-state index contributed by atoms with van der Waals surface area (Å²) in [7, 11) is 0. The Bertz CT molecular complexity index is 587. The minimum atomic E-state index is -0.878. The molecule has 25 heavy (non-hydrogen) atoms. The fraction of sp³-hybridized carbons (Fsp3) is 0.611. The van der Waals surface area contributed by atoms with Gasteiger partial charge in [0.2, 0.25) is 5.91 Å². The predicted molar refractivity (Wildman–Crippen MR) is 94.5 cm³/mol. The lowest BCUT2D eigenvalue weighted by atomic mass is 10.0. The highest BCUT2D eigenvalue weighted by atomic mass is 16.4. The second kappa shape index (κ2) is 8.29. The van der Waals surface area contributed by atoms with Crippen molar-refractivity contribution in [2.24, 2.45) is 0 Å². The lowest BCUT2D eigenvalue weighted by molar-refractivity contribution is -0.152. The highest BCUT2D eigenvalue weighted by Crippen LogP contribution is 2.19. The first kappa shape index (κ1) is 17.7. The van der Waals surface area contributed by atoms with Gasteiger partial charge in [-0.25, -0.2) is 9.78 Å². The van der Waals surface area contributed by atoms with Gasteiger partial charge in [0.15, 0.2) is 0 Å². The maximum absolute atomic E-state index is 12.5. The van der Waals surface area contributed by atoms with Crippen LogP contribution >= 0.6 is 0 Å². The molecule has 1 aromatic heterocycles. The molecule has 2 aliphatic rings. The maximum atomic E-state index is 12.5. The number of aliphatic carboxylic acids is 1. The molecule has 3 rings (SSSR count). The molecule has 0 aromatic carbocycles. The third-order valence-electron chi connectivity index (χ3n) is 5.10. The van der Waals surface area contributed by atoms with E-state index in [4.69, 9.17) is 0 Å². The molecule has 0 aliphatic carbocycles. The van der Waals surface area contributed by atoms with E-state index >= 15 is 0 Å². The van der Waals surface area contributed by atoms with Crippen LogP contribution < -0.4 is 4.90 Å². The Kier molecular flexibility index (Phi) is 5.86.